The van der Waals surface area contributed by atoms with Gasteiger partial charge in [0.05, 0.1) is 25.2 Å². The monoisotopic (exact) mass is 393 g/mol. The first-order valence-corrected chi connectivity index (χ1v) is 8.48. The summed E-state index contributed by atoms with van der Waals surface area (Å²) in [5.74, 6) is 0.723. The molecule has 27 heavy (non-hydrogen) atoms. The molecule has 0 aromatic heterocycles. The van der Waals surface area contributed by atoms with E-state index in [2.05, 4.69) is 5.32 Å². The first-order valence-electron chi connectivity index (χ1n) is 8.07. The number of anilines is 1. The van der Waals surface area contributed by atoms with Crippen LogP contribution in [0.15, 0.2) is 48.5 Å². The summed E-state index contributed by atoms with van der Waals surface area (Å²) < 4.78 is 44.1. The Labute approximate surface area is 161 Å². The molecule has 0 aliphatic rings. The number of rotatable bonds is 6. The third-order valence-corrected chi connectivity index (χ3v) is 4.15. The number of nitriles is 1. The Balaban J connectivity index is 2.14. The molecule has 8 heteroatoms. The highest BCUT2D eigenvalue weighted by atomic mass is 32.1. The zero-order valence-corrected chi connectivity index (χ0v) is 15.4. The van der Waals surface area contributed by atoms with Crippen molar-refractivity contribution < 1.29 is 17.9 Å². The summed E-state index contributed by atoms with van der Waals surface area (Å²) in [7, 11) is 1.57. The second kappa shape index (κ2) is 9.24. The molecule has 0 amide bonds. The maximum absolute atomic E-state index is 13.0. The van der Waals surface area contributed by atoms with E-state index < -0.39 is 11.7 Å². The minimum Gasteiger partial charge on any atom is -0.497 e. The third kappa shape index (κ3) is 5.86. The van der Waals surface area contributed by atoms with Gasteiger partial charge >= 0.3 is 6.18 Å². The standard InChI is InChI=1S/C19H18F3N3OS/c1-26-17-8-6-14(7-9-17)13-24-18(27)25(11-3-10-23)16-5-2-4-15(12-16)19(20,21)22/h2,4-9,12H,3,11,13H2,1H3,(H,24,27). The van der Waals surface area contributed by atoms with E-state index in [1.165, 1.54) is 17.0 Å². The molecule has 1 N–H and O–H groups in total. The molecule has 0 fully saturated rings. The highest BCUT2D eigenvalue weighted by Gasteiger charge is 2.31. The zero-order chi connectivity index (χ0) is 19.9. The van der Waals surface area contributed by atoms with Crippen LogP contribution in [0.3, 0.4) is 0 Å². The van der Waals surface area contributed by atoms with Crippen LogP contribution in [0, 0.1) is 11.3 Å². The van der Waals surface area contributed by atoms with E-state index in [0.29, 0.717) is 6.54 Å². The van der Waals surface area contributed by atoms with Crippen molar-refractivity contribution in [2.45, 2.75) is 19.1 Å². The number of thiocarbonyl (C=S) groups is 1. The van der Waals surface area contributed by atoms with Gasteiger partial charge in [-0.3, -0.25) is 0 Å². The number of nitrogens with one attached hydrogen (secondary N) is 1. The number of hydrogen-bond acceptors (Lipinski definition) is 3. The highest BCUT2D eigenvalue weighted by Crippen LogP contribution is 2.31. The smallest absolute Gasteiger partial charge is 0.416 e. The van der Waals surface area contributed by atoms with E-state index in [0.717, 1.165) is 23.4 Å². The van der Waals surface area contributed by atoms with Crippen LogP contribution in [0.4, 0.5) is 18.9 Å². The van der Waals surface area contributed by atoms with E-state index in [1.54, 1.807) is 19.2 Å². The first kappa shape index (κ1) is 20.5. The SMILES string of the molecule is COc1ccc(CNC(=S)N(CCC#N)c2cccc(C(F)(F)F)c2)cc1. The molecular formula is C19H18F3N3OS. The van der Waals surface area contributed by atoms with Crippen LogP contribution in [0.1, 0.15) is 17.5 Å². The van der Waals surface area contributed by atoms with Gasteiger partial charge < -0.3 is 15.0 Å². The molecule has 0 saturated heterocycles. The molecule has 2 rings (SSSR count). The molecule has 0 saturated carbocycles. The maximum atomic E-state index is 13.0. The molecule has 2 aromatic rings. The average molecular weight is 393 g/mol. The maximum Gasteiger partial charge on any atom is 0.416 e. The largest absolute Gasteiger partial charge is 0.497 e. The van der Waals surface area contributed by atoms with Crippen LogP contribution in [0.2, 0.25) is 0 Å². The van der Waals surface area contributed by atoms with E-state index in [9.17, 15) is 13.2 Å². The van der Waals surface area contributed by atoms with Crippen LogP contribution in [0.25, 0.3) is 0 Å². The molecule has 4 nitrogen and oxygen atoms in total. The van der Waals surface area contributed by atoms with Gasteiger partial charge in [0.25, 0.3) is 0 Å². The fourth-order valence-electron chi connectivity index (χ4n) is 2.38. The lowest BCUT2D eigenvalue weighted by Crippen LogP contribution is -2.40. The Morgan fingerprint density at radius 3 is 2.52 bits per heavy atom. The molecule has 0 unspecified atom stereocenters. The fraction of sp³-hybridized carbons (Fsp3) is 0.263. The van der Waals surface area contributed by atoms with Crippen molar-refractivity contribution >= 4 is 23.0 Å². The summed E-state index contributed by atoms with van der Waals surface area (Å²) in [6.45, 7) is 0.580. The van der Waals surface area contributed by atoms with Crippen LogP contribution < -0.4 is 15.0 Å². The molecule has 0 aliphatic heterocycles. The van der Waals surface area contributed by atoms with Gasteiger partial charge in [-0.2, -0.15) is 18.4 Å². The lowest BCUT2D eigenvalue weighted by Gasteiger charge is -2.26. The predicted octanol–water partition coefficient (Wildman–Crippen LogP) is 4.51. The van der Waals surface area contributed by atoms with Crippen molar-refractivity contribution in [1.29, 1.82) is 5.26 Å². The van der Waals surface area contributed by atoms with Crippen LogP contribution in [0.5, 0.6) is 5.75 Å². The van der Waals surface area contributed by atoms with Crippen molar-refractivity contribution in [1.82, 2.24) is 5.32 Å². The Hall–Kier alpha value is -2.79. The van der Waals surface area contributed by atoms with E-state index in [-0.39, 0.29) is 23.8 Å². The fourth-order valence-corrected chi connectivity index (χ4v) is 2.65. The minimum absolute atomic E-state index is 0.126. The Bertz CT molecular complexity index is 816. The Morgan fingerprint density at radius 1 is 1.22 bits per heavy atom. The van der Waals surface area contributed by atoms with Gasteiger partial charge in [-0.15, -0.1) is 0 Å². The van der Waals surface area contributed by atoms with Crippen LogP contribution in [-0.4, -0.2) is 18.8 Å². The molecule has 0 bridgehead atoms. The lowest BCUT2D eigenvalue weighted by molar-refractivity contribution is -0.137. The summed E-state index contributed by atoms with van der Waals surface area (Å²) in [4.78, 5) is 1.50. The third-order valence-electron chi connectivity index (χ3n) is 3.78. The summed E-state index contributed by atoms with van der Waals surface area (Å²) >= 11 is 5.35. The lowest BCUT2D eigenvalue weighted by atomic mass is 10.1. The summed E-state index contributed by atoms with van der Waals surface area (Å²) in [6, 6.07) is 14.2. The molecule has 0 spiro atoms. The van der Waals surface area contributed by atoms with Crippen molar-refractivity contribution in [2.75, 3.05) is 18.6 Å². The Kier molecular flexibility index (Phi) is 7.02. The van der Waals surface area contributed by atoms with Gasteiger partial charge in [0.15, 0.2) is 5.11 Å². The molecule has 0 atom stereocenters. The van der Waals surface area contributed by atoms with Gasteiger partial charge in [-0.25, -0.2) is 0 Å². The van der Waals surface area contributed by atoms with E-state index in [4.69, 9.17) is 22.2 Å². The van der Waals surface area contributed by atoms with Crippen molar-refractivity contribution in [3.63, 3.8) is 0 Å². The molecule has 0 aliphatic carbocycles. The summed E-state index contributed by atoms with van der Waals surface area (Å²) in [5, 5.41) is 12.1. The second-order valence-electron chi connectivity index (χ2n) is 5.61. The quantitative estimate of drug-likeness (QED) is 0.732. The van der Waals surface area contributed by atoms with Crippen LogP contribution in [-0.2, 0) is 12.7 Å². The normalized spacial score (nSPS) is 10.8. The number of ether oxygens (including phenoxy) is 1. The molecular weight excluding hydrogens is 375 g/mol. The highest BCUT2D eigenvalue weighted by molar-refractivity contribution is 7.80. The summed E-state index contributed by atoms with van der Waals surface area (Å²) in [5.41, 5.74) is 0.453. The van der Waals surface area contributed by atoms with Crippen LogP contribution >= 0.6 is 12.2 Å². The second-order valence-corrected chi connectivity index (χ2v) is 6.00. The topological polar surface area (TPSA) is 48.3 Å². The Morgan fingerprint density at radius 2 is 1.93 bits per heavy atom. The van der Waals surface area contributed by atoms with Crippen molar-refractivity contribution in [3.05, 3.63) is 59.7 Å². The van der Waals surface area contributed by atoms with E-state index >= 15 is 0 Å². The summed E-state index contributed by atoms with van der Waals surface area (Å²) in [6.07, 6.45) is -4.32. The number of benzene rings is 2. The predicted molar refractivity (Wildman–Crippen MR) is 101 cm³/mol. The molecule has 142 valence electrons. The first-order chi connectivity index (χ1) is 12.8. The number of halogens is 3. The average Bonchev–Trinajstić information content (AvgIpc) is 2.66. The van der Waals surface area contributed by atoms with Gasteiger partial charge in [0, 0.05) is 18.8 Å². The van der Waals surface area contributed by atoms with Crippen molar-refractivity contribution in [2.24, 2.45) is 0 Å². The zero-order valence-electron chi connectivity index (χ0n) is 14.6. The van der Waals surface area contributed by atoms with Gasteiger partial charge in [-0.1, -0.05) is 18.2 Å². The number of alkyl halides is 3. The minimum atomic E-state index is -4.45. The van der Waals surface area contributed by atoms with Gasteiger partial charge in [0.2, 0.25) is 0 Å². The number of nitrogens with zero attached hydrogens (tertiary/aromatic N) is 2. The van der Waals surface area contributed by atoms with E-state index in [1.807, 2.05) is 18.2 Å². The molecule has 0 heterocycles. The molecule has 0 radical (unpaired) electrons. The number of hydrogen-bond donors (Lipinski definition) is 1. The van der Waals surface area contributed by atoms with Gasteiger partial charge in [0.1, 0.15) is 5.75 Å². The molecule has 2 aromatic carbocycles. The number of methoxy groups -OCH3 is 1. The van der Waals surface area contributed by atoms with Crippen molar-refractivity contribution in [3.8, 4) is 11.8 Å². The van der Waals surface area contributed by atoms with Gasteiger partial charge in [-0.05, 0) is 48.1 Å².